The number of hydrogen-bond donors (Lipinski definition) is 1. The van der Waals surface area contributed by atoms with Crippen LogP contribution in [-0.2, 0) is 0 Å². The molecule has 0 saturated carbocycles. The molecule has 0 heterocycles. The third-order valence-corrected chi connectivity index (χ3v) is 3.13. The first-order valence-electron chi connectivity index (χ1n) is 6.38. The van der Waals surface area contributed by atoms with Gasteiger partial charge in [-0.05, 0) is 31.3 Å². The van der Waals surface area contributed by atoms with Crippen LogP contribution in [0.3, 0.4) is 0 Å². The van der Waals surface area contributed by atoms with Crippen molar-refractivity contribution < 1.29 is 4.74 Å². The molecule has 0 aliphatic carbocycles. The predicted molar refractivity (Wildman–Crippen MR) is 80.3 cm³/mol. The summed E-state index contributed by atoms with van der Waals surface area (Å²) in [6, 6.07) is 8.49. The molecule has 18 heavy (non-hydrogen) atoms. The lowest BCUT2D eigenvalue weighted by Gasteiger charge is -2.18. The monoisotopic (exact) mass is 314 g/mol. The second-order valence-corrected chi connectivity index (χ2v) is 5.63. The SMILES string of the molecule is CC(C)NCCN(C)CCOc1ccc(Br)cc1. The zero-order valence-corrected chi connectivity index (χ0v) is 13.0. The van der Waals surface area contributed by atoms with Gasteiger partial charge in [0.05, 0.1) is 0 Å². The second-order valence-electron chi connectivity index (χ2n) is 4.71. The lowest BCUT2D eigenvalue weighted by Crippen LogP contribution is -2.34. The normalized spacial score (nSPS) is 11.2. The Kier molecular flexibility index (Phi) is 7.32. The van der Waals surface area contributed by atoms with Crippen LogP contribution in [0.2, 0.25) is 0 Å². The average Bonchev–Trinajstić information content (AvgIpc) is 2.31. The molecule has 0 aliphatic heterocycles. The third kappa shape index (κ3) is 6.99. The van der Waals surface area contributed by atoms with Crippen LogP contribution in [0.25, 0.3) is 0 Å². The summed E-state index contributed by atoms with van der Waals surface area (Å²) in [5, 5.41) is 3.40. The second kappa shape index (κ2) is 8.51. The van der Waals surface area contributed by atoms with Crippen LogP contribution in [0.5, 0.6) is 5.75 Å². The molecule has 0 spiro atoms. The first kappa shape index (κ1) is 15.5. The number of nitrogens with zero attached hydrogens (tertiary/aromatic N) is 1. The summed E-state index contributed by atoms with van der Waals surface area (Å²) in [5.74, 6) is 0.923. The van der Waals surface area contributed by atoms with E-state index in [4.69, 9.17) is 4.74 Å². The van der Waals surface area contributed by atoms with Crippen molar-refractivity contribution in [3.63, 3.8) is 0 Å². The highest BCUT2D eigenvalue weighted by molar-refractivity contribution is 9.10. The summed E-state index contributed by atoms with van der Waals surface area (Å²) in [7, 11) is 2.12. The van der Waals surface area contributed by atoms with Gasteiger partial charge in [0.1, 0.15) is 12.4 Å². The molecule has 0 amide bonds. The highest BCUT2D eigenvalue weighted by atomic mass is 79.9. The Morgan fingerprint density at radius 2 is 1.89 bits per heavy atom. The van der Waals surface area contributed by atoms with E-state index in [0.717, 1.165) is 36.5 Å². The van der Waals surface area contributed by atoms with Gasteiger partial charge in [0.25, 0.3) is 0 Å². The van der Waals surface area contributed by atoms with Crippen LogP contribution in [0.1, 0.15) is 13.8 Å². The molecule has 1 N–H and O–H groups in total. The van der Waals surface area contributed by atoms with E-state index in [9.17, 15) is 0 Å². The Balaban J connectivity index is 2.11. The van der Waals surface area contributed by atoms with E-state index in [1.54, 1.807) is 0 Å². The van der Waals surface area contributed by atoms with Crippen molar-refractivity contribution in [1.82, 2.24) is 10.2 Å². The molecular formula is C14H23BrN2O. The van der Waals surface area contributed by atoms with E-state index in [1.807, 2.05) is 24.3 Å². The van der Waals surface area contributed by atoms with Gasteiger partial charge in [0.15, 0.2) is 0 Å². The maximum absolute atomic E-state index is 5.68. The summed E-state index contributed by atoms with van der Waals surface area (Å²) in [4.78, 5) is 2.27. The van der Waals surface area contributed by atoms with E-state index >= 15 is 0 Å². The molecule has 102 valence electrons. The van der Waals surface area contributed by atoms with Gasteiger partial charge in [-0.3, -0.25) is 0 Å². The number of benzene rings is 1. The molecule has 0 radical (unpaired) electrons. The molecule has 0 saturated heterocycles. The fraction of sp³-hybridized carbons (Fsp3) is 0.571. The van der Waals surface area contributed by atoms with Gasteiger partial charge in [-0.15, -0.1) is 0 Å². The number of halogens is 1. The topological polar surface area (TPSA) is 24.5 Å². The average molecular weight is 315 g/mol. The minimum Gasteiger partial charge on any atom is -0.492 e. The Bertz CT molecular complexity index is 327. The highest BCUT2D eigenvalue weighted by Gasteiger charge is 2.00. The zero-order chi connectivity index (χ0) is 13.4. The largest absolute Gasteiger partial charge is 0.492 e. The molecule has 1 rings (SSSR count). The smallest absolute Gasteiger partial charge is 0.119 e. The zero-order valence-electron chi connectivity index (χ0n) is 11.4. The minimum absolute atomic E-state index is 0.553. The summed E-state index contributed by atoms with van der Waals surface area (Å²) in [6.45, 7) is 8.05. The van der Waals surface area contributed by atoms with E-state index in [0.29, 0.717) is 6.04 Å². The van der Waals surface area contributed by atoms with Gasteiger partial charge in [-0.25, -0.2) is 0 Å². The molecule has 1 aromatic carbocycles. The van der Waals surface area contributed by atoms with E-state index in [1.165, 1.54) is 0 Å². The maximum atomic E-state index is 5.68. The van der Waals surface area contributed by atoms with Gasteiger partial charge in [0.2, 0.25) is 0 Å². The van der Waals surface area contributed by atoms with Crippen LogP contribution in [0, 0.1) is 0 Å². The van der Waals surface area contributed by atoms with Crippen LogP contribution in [0.15, 0.2) is 28.7 Å². The number of rotatable bonds is 8. The van der Waals surface area contributed by atoms with Crippen molar-refractivity contribution in [1.29, 1.82) is 0 Å². The van der Waals surface area contributed by atoms with Gasteiger partial charge in [-0.1, -0.05) is 29.8 Å². The van der Waals surface area contributed by atoms with Gasteiger partial charge in [-0.2, -0.15) is 0 Å². The number of likely N-dealkylation sites (N-methyl/N-ethyl adjacent to an activating group) is 1. The van der Waals surface area contributed by atoms with Crippen molar-refractivity contribution >= 4 is 15.9 Å². The van der Waals surface area contributed by atoms with Gasteiger partial charge >= 0.3 is 0 Å². The highest BCUT2D eigenvalue weighted by Crippen LogP contribution is 2.15. The molecule has 0 aromatic heterocycles. The van der Waals surface area contributed by atoms with E-state index in [-0.39, 0.29) is 0 Å². The van der Waals surface area contributed by atoms with Crippen LogP contribution in [-0.4, -0.2) is 44.2 Å². The van der Waals surface area contributed by atoms with E-state index < -0.39 is 0 Å². The van der Waals surface area contributed by atoms with Gasteiger partial charge in [0, 0.05) is 30.1 Å². The summed E-state index contributed by atoms with van der Waals surface area (Å²) >= 11 is 3.41. The maximum Gasteiger partial charge on any atom is 0.119 e. The quantitative estimate of drug-likeness (QED) is 0.798. The van der Waals surface area contributed by atoms with Crippen LogP contribution in [0.4, 0.5) is 0 Å². The molecule has 1 aromatic rings. The van der Waals surface area contributed by atoms with Crippen molar-refractivity contribution in [3.8, 4) is 5.75 Å². The molecule has 3 nitrogen and oxygen atoms in total. The number of nitrogens with one attached hydrogen (secondary N) is 1. The summed E-state index contributed by atoms with van der Waals surface area (Å²) < 4.78 is 6.75. The van der Waals surface area contributed by atoms with Crippen molar-refractivity contribution in [2.24, 2.45) is 0 Å². The predicted octanol–water partition coefficient (Wildman–Crippen LogP) is 2.76. The van der Waals surface area contributed by atoms with Crippen LogP contribution < -0.4 is 10.1 Å². The lowest BCUT2D eigenvalue weighted by molar-refractivity contribution is 0.236. The molecule has 0 bridgehead atoms. The summed E-state index contributed by atoms with van der Waals surface area (Å²) in [6.07, 6.45) is 0. The van der Waals surface area contributed by atoms with Crippen molar-refractivity contribution in [2.45, 2.75) is 19.9 Å². The molecule has 0 atom stereocenters. The Morgan fingerprint density at radius 1 is 1.22 bits per heavy atom. The van der Waals surface area contributed by atoms with Crippen LogP contribution >= 0.6 is 15.9 Å². The standard InChI is InChI=1S/C14H23BrN2O/c1-12(2)16-8-9-17(3)10-11-18-14-6-4-13(15)5-7-14/h4-7,12,16H,8-11H2,1-3H3. The molecular weight excluding hydrogens is 292 g/mol. The first-order valence-corrected chi connectivity index (χ1v) is 7.17. The van der Waals surface area contributed by atoms with E-state index in [2.05, 4.69) is 47.0 Å². The third-order valence-electron chi connectivity index (χ3n) is 2.60. The fourth-order valence-corrected chi connectivity index (χ4v) is 1.77. The number of hydrogen-bond acceptors (Lipinski definition) is 3. The molecule has 0 fully saturated rings. The Labute approximate surface area is 119 Å². The molecule has 4 heteroatoms. The Morgan fingerprint density at radius 3 is 2.50 bits per heavy atom. The summed E-state index contributed by atoms with van der Waals surface area (Å²) in [5.41, 5.74) is 0. The first-order chi connectivity index (χ1) is 8.58. The molecule has 0 unspecified atom stereocenters. The minimum atomic E-state index is 0.553. The van der Waals surface area contributed by atoms with Crippen molar-refractivity contribution in [2.75, 3.05) is 33.3 Å². The fourth-order valence-electron chi connectivity index (χ4n) is 1.51. The van der Waals surface area contributed by atoms with Gasteiger partial charge < -0.3 is 15.0 Å². The molecule has 0 aliphatic rings. The lowest BCUT2D eigenvalue weighted by atomic mass is 10.3. The number of ether oxygens (including phenoxy) is 1. The van der Waals surface area contributed by atoms with Crippen molar-refractivity contribution in [3.05, 3.63) is 28.7 Å². The Hall–Kier alpha value is -0.580.